The number of benzene rings is 2. The molecule has 1 heterocycles. The van der Waals surface area contributed by atoms with Crippen LogP contribution in [0.3, 0.4) is 0 Å². The number of amides is 1. The van der Waals surface area contributed by atoms with E-state index in [9.17, 15) is 9.59 Å². The van der Waals surface area contributed by atoms with Crippen LogP contribution in [0.1, 0.15) is 47.2 Å². The van der Waals surface area contributed by atoms with E-state index in [1.54, 1.807) is 31.3 Å². The zero-order chi connectivity index (χ0) is 27.5. The number of nitrogens with zero attached hydrogens (tertiary/aromatic N) is 3. The fourth-order valence-corrected chi connectivity index (χ4v) is 5.23. The average Bonchev–Trinajstić information content (AvgIpc) is 2.96. The number of carboxylic acid groups (broad SMARTS) is 1. The van der Waals surface area contributed by atoms with Gasteiger partial charge < -0.3 is 26.4 Å². The smallest absolute Gasteiger partial charge is 0.335 e. The van der Waals surface area contributed by atoms with E-state index in [-0.39, 0.29) is 23.4 Å². The summed E-state index contributed by atoms with van der Waals surface area (Å²) < 4.78 is 0. The predicted molar refractivity (Wildman–Crippen MR) is 155 cm³/mol. The third-order valence-corrected chi connectivity index (χ3v) is 7.63. The Hall–Kier alpha value is -3.86. The first-order valence-corrected chi connectivity index (χ1v) is 14.3. The van der Waals surface area contributed by atoms with Crippen molar-refractivity contribution in [2.75, 3.05) is 35.3 Å². The van der Waals surface area contributed by atoms with Crippen molar-refractivity contribution in [2.24, 2.45) is 5.92 Å². The molecule has 1 aliphatic rings. The third-order valence-electron chi connectivity index (χ3n) is 6.60. The van der Waals surface area contributed by atoms with E-state index in [0.29, 0.717) is 24.4 Å². The Labute approximate surface area is 232 Å². The number of anilines is 3. The fourth-order valence-electron chi connectivity index (χ4n) is 4.41. The number of aromatic nitrogens is 3. The molecule has 0 unspecified atom stereocenters. The molecule has 1 amide bonds. The van der Waals surface area contributed by atoms with Gasteiger partial charge in [-0.1, -0.05) is 42.5 Å². The summed E-state index contributed by atoms with van der Waals surface area (Å²) in [6.07, 6.45) is 3.22. The van der Waals surface area contributed by atoms with Crippen LogP contribution in [-0.2, 0) is 17.1 Å². The summed E-state index contributed by atoms with van der Waals surface area (Å²) in [5.74, 6) is 2.47. The Balaban J connectivity index is 1.20. The van der Waals surface area contributed by atoms with Gasteiger partial charge >= 0.3 is 5.97 Å². The molecule has 0 aliphatic heterocycles. The molecule has 1 aliphatic carbocycles. The lowest BCUT2D eigenvalue weighted by Gasteiger charge is -2.28. The highest BCUT2D eigenvalue weighted by Crippen LogP contribution is 2.26. The van der Waals surface area contributed by atoms with Crippen LogP contribution >= 0.6 is 11.8 Å². The lowest BCUT2D eigenvalue weighted by atomic mass is 9.85. The van der Waals surface area contributed by atoms with E-state index < -0.39 is 5.97 Å². The van der Waals surface area contributed by atoms with Crippen molar-refractivity contribution in [3.05, 3.63) is 71.3 Å². The molecular formula is C28H35N7O3S. The molecule has 0 bridgehead atoms. The van der Waals surface area contributed by atoms with E-state index in [0.717, 1.165) is 49.3 Å². The molecule has 2 aromatic carbocycles. The minimum Gasteiger partial charge on any atom is -0.478 e. The average molecular weight is 550 g/mol. The molecule has 0 saturated heterocycles. The van der Waals surface area contributed by atoms with Gasteiger partial charge in [-0.2, -0.15) is 26.7 Å². The molecule has 1 aromatic heterocycles. The summed E-state index contributed by atoms with van der Waals surface area (Å²) in [6.45, 7) is 1.13. The molecule has 0 radical (unpaired) electrons. The van der Waals surface area contributed by atoms with Crippen LogP contribution in [0, 0.1) is 5.92 Å². The van der Waals surface area contributed by atoms with Gasteiger partial charge in [0.1, 0.15) is 0 Å². The van der Waals surface area contributed by atoms with Crippen molar-refractivity contribution in [3.8, 4) is 0 Å². The van der Waals surface area contributed by atoms with Crippen LogP contribution in [0.25, 0.3) is 0 Å². The standard InChI is InChI=1S/C28H35N7O3S/c1-29-26-33-27(30-15-16-39-18-20-5-3-2-4-6-20)35-28(34-26)32-23-13-11-21(12-14-23)24(36)31-17-19-7-9-22(10-8-19)25(37)38/h2-10,21,23H,11-18H2,1H3,(H,31,36)(H,37,38)(H3,29,30,32,33,34,35). The molecule has 10 nitrogen and oxygen atoms in total. The molecule has 5 N–H and O–H groups in total. The quantitative estimate of drug-likeness (QED) is 0.197. The van der Waals surface area contributed by atoms with Crippen molar-refractivity contribution in [1.29, 1.82) is 0 Å². The van der Waals surface area contributed by atoms with Crippen LogP contribution in [0.15, 0.2) is 54.6 Å². The molecule has 3 aromatic rings. The Morgan fingerprint density at radius 2 is 1.59 bits per heavy atom. The lowest BCUT2D eigenvalue weighted by Crippen LogP contribution is -2.36. The van der Waals surface area contributed by atoms with Crippen LogP contribution in [0.2, 0.25) is 0 Å². The van der Waals surface area contributed by atoms with Gasteiger partial charge in [-0.05, 0) is 48.9 Å². The molecule has 1 fully saturated rings. The second kappa shape index (κ2) is 14.3. The maximum absolute atomic E-state index is 12.7. The highest BCUT2D eigenvalue weighted by molar-refractivity contribution is 7.98. The normalized spacial score (nSPS) is 16.7. The number of carbonyl (C=O) groups is 2. The van der Waals surface area contributed by atoms with Gasteiger partial charge in [0.15, 0.2) is 0 Å². The van der Waals surface area contributed by atoms with E-state index >= 15 is 0 Å². The maximum atomic E-state index is 12.7. The fraction of sp³-hybridized carbons (Fsp3) is 0.393. The number of hydrogen-bond acceptors (Lipinski definition) is 9. The summed E-state index contributed by atoms with van der Waals surface area (Å²) in [4.78, 5) is 37.1. The van der Waals surface area contributed by atoms with Crippen molar-refractivity contribution in [1.82, 2.24) is 20.3 Å². The maximum Gasteiger partial charge on any atom is 0.335 e. The number of rotatable bonds is 13. The van der Waals surface area contributed by atoms with E-state index in [1.807, 2.05) is 17.8 Å². The Morgan fingerprint density at radius 3 is 2.28 bits per heavy atom. The molecule has 0 spiro atoms. The molecule has 1 saturated carbocycles. The number of thioether (sulfide) groups is 1. The van der Waals surface area contributed by atoms with Gasteiger partial charge in [-0.25, -0.2) is 4.79 Å². The highest BCUT2D eigenvalue weighted by atomic mass is 32.2. The van der Waals surface area contributed by atoms with Gasteiger partial charge in [-0.3, -0.25) is 4.79 Å². The monoisotopic (exact) mass is 549 g/mol. The topological polar surface area (TPSA) is 141 Å². The zero-order valence-corrected chi connectivity index (χ0v) is 22.8. The van der Waals surface area contributed by atoms with Crippen molar-refractivity contribution in [3.63, 3.8) is 0 Å². The SMILES string of the molecule is CNc1nc(NCCSCc2ccccc2)nc(NC2CCC(C(=O)NCc3ccc(C(=O)O)cc3)CC2)n1. The molecule has 0 atom stereocenters. The van der Waals surface area contributed by atoms with Crippen molar-refractivity contribution >= 4 is 41.5 Å². The molecule has 4 rings (SSSR count). The van der Waals surface area contributed by atoms with Crippen LogP contribution in [0.4, 0.5) is 17.8 Å². The number of nitrogens with one attached hydrogen (secondary N) is 4. The number of hydrogen-bond donors (Lipinski definition) is 5. The van der Waals surface area contributed by atoms with Crippen LogP contribution in [0.5, 0.6) is 0 Å². The second-order valence-corrected chi connectivity index (χ2v) is 10.5. The Bertz CT molecular complexity index is 1220. The first-order valence-electron chi connectivity index (χ1n) is 13.2. The lowest BCUT2D eigenvalue weighted by molar-refractivity contribution is -0.126. The summed E-state index contributed by atoms with van der Waals surface area (Å²) >= 11 is 1.86. The first kappa shape index (κ1) is 28.2. The zero-order valence-electron chi connectivity index (χ0n) is 22.0. The minimum atomic E-state index is -0.962. The Morgan fingerprint density at radius 1 is 0.897 bits per heavy atom. The summed E-state index contributed by atoms with van der Waals surface area (Å²) in [5.41, 5.74) is 2.42. The van der Waals surface area contributed by atoms with Gasteiger partial charge in [-0.15, -0.1) is 0 Å². The molecule has 206 valence electrons. The molecule has 11 heteroatoms. The van der Waals surface area contributed by atoms with Gasteiger partial charge in [0.05, 0.1) is 5.56 Å². The number of carbonyl (C=O) groups excluding carboxylic acids is 1. The van der Waals surface area contributed by atoms with E-state index in [1.165, 1.54) is 5.56 Å². The van der Waals surface area contributed by atoms with E-state index in [2.05, 4.69) is 60.5 Å². The summed E-state index contributed by atoms with van der Waals surface area (Å²) in [5, 5.41) is 21.7. The van der Waals surface area contributed by atoms with Crippen molar-refractivity contribution < 1.29 is 14.7 Å². The molecular weight excluding hydrogens is 514 g/mol. The van der Waals surface area contributed by atoms with E-state index in [4.69, 9.17) is 5.11 Å². The summed E-state index contributed by atoms with van der Waals surface area (Å²) in [7, 11) is 1.78. The number of aromatic carboxylic acids is 1. The van der Waals surface area contributed by atoms with Gasteiger partial charge in [0, 0.05) is 43.6 Å². The van der Waals surface area contributed by atoms with Crippen LogP contribution in [-0.4, -0.2) is 57.3 Å². The Kier molecular flexibility index (Phi) is 10.4. The minimum absolute atomic E-state index is 0.0324. The first-order chi connectivity index (χ1) is 19.0. The largest absolute Gasteiger partial charge is 0.478 e. The second-order valence-electron chi connectivity index (χ2n) is 9.43. The highest BCUT2D eigenvalue weighted by Gasteiger charge is 2.26. The third kappa shape index (κ3) is 8.85. The van der Waals surface area contributed by atoms with Crippen LogP contribution < -0.4 is 21.3 Å². The van der Waals surface area contributed by atoms with Crippen molar-refractivity contribution in [2.45, 2.75) is 44.0 Å². The van der Waals surface area contributed by atoms with Gasteiger partial charge in [0.2, 0.25) is 23.8 Å². The number of carboxylic acids is 1. The van der Waals surface area contributed by atoms with Gasteiger partial charge in [0.25, 0.3) is 0 Å². The predicted octanol–water partition coefficient (Wildman–Crippen LogP) is 4.24. The molecule has 39 heavy (non-hydrogen) atoms. The summed E-state index contributed by atoms with van der Waals surface area (Å²) in [6, 6.07) is 17.1.